The zero-order valence-corrected chi connectivity index (χ0v) is 20.5. The minimum atomic E-state index is -3.87. The van der Waals surface area contributed by atoms with Crippen LogP contribution in [0.15, 0.2) is 30.3 Å². The molecule has 0 atom stereocenters. The zero-order chi connectivity index (χ0) is 23.6. The van der Waals surface area contributed by atoms with Crippen molar-refractivity contribution >= 4 is 44.8 Å². The molecule has 174 valence electrons. The summed E-state index contributed by atoms with van der Waals surface area (Å²) in [7, 11) is -3.87. The highest BCUT2D eigenvalue weighted by atomic mass is 35.5. The van der Waals surface area contributed by atoms with E-state index in [4.69, 9.17) is 23.2 Å². The maximum Gasteiger partial charge on any atom is 0.267 e. The standard InChI is InChI=1S/C22H26Cl2FN3O3S/c1-14(2)32(30,31)26-22(29)18-12-20(24)16(11-21(18)25)13-27-6-8-28(9-7-27)17-4-5-19(23)15(3)10-17/h4-5,10-12,14H,6-9,13H2,1-3H3,(H,26,29). The molecular formula is C22H26Cl2FN3O3S. The van der Waals surface area contributed by atoms with Gasteiger partial charge in [0.05, 0.1) is 10.8 Å². The molecule has 0 unspecified atom stereocenters. The van der Waals surface area contributed by atoms with E-state index in [2.05, 4.69) is 15.9 Å². The summed E-state index contributed by atoms with van der Waals surface area (Å²) in [5.41, 5.74) is 2.29. The molecule has 1 aliphatic rings. The molecule has 1 N–H and O–H groups in total. The van der Waals surface area contributed by atoms with Gasteiger partial charge in [-0.05, 0) is 62.2 Å². The Morgan fingerprint density at radius 1 is 1.09 bits per heavy atom. The van der Waals surface area contributed by atoms with Gasteiger partial charge in [0.2, 0.25) is 10.0 Å². The first kappa shape index (κ1) is 24.8. The Bertz CT molecular complexity index is 1120. The van der Waals surface area contributed by atoms with Crippen LogP contribution in [-0.4, -0.2) is 50.7 Å². The number of hydrogen-bond donors (Lipinski definition) is 1. The van der Waals surface area contributed by atoms with Crippen molar-refractivity contribution in [3.05, 3.63) is 62.9 Å². The summed E-state index contributed by atoms with van der Waals surface area (Å²) in [5.74, 6) is -1.84. The maximum atomic E-state index is 14.6. The molecular weight excluding hydrogens is 476 g/mol. The highest BCUT2D eigenvalue weighted by molar-refractivity contribution is 7.90. The summed E-state index contributed by atoms with van der Waals surface area (Å²) < 4.78 is 40.3. The molecule has 1 heterocycles. The number of anilines is 1. The van der Waals surface area contributed by atoms with Crippen LogP contribution in [0.2, 0.25) is 10.0 Å². The van der Waals surface area contributed by atoms with Crippen LogP contribution in [0.4, 0.5) is 10.1 Å². The second-order valence-electron chi connectivity index (χ2n) is 8.15. The Hall–Kier alpha value is -1.87. The lowest BCUT2D eigenvalue weighted by Gasteiger charge is -2.36. The molecule has 0 saturated carbocycles. The summed E-state index contributed by atoms with van der Waals surface area (Å²) in [5, 5.41) is 0.136. The van der Waals surface area contributed by atoms with Gasteiger partial charge in [-0.2, -0.15) is 0 Å². The van der Waals surface area contributed by atoms with Crippen molar-refractivity contribution in [3.63, 3.8) is 0 Å². The third-order valence-corrected chi connectivity index (χ3v) is 8.00. The van der Waals surface area contributed by atoms with E-state index in [0.29, 0.717) is 12.1 Å². The monoisotopic (exact) mass is 501 g/mol. The number of nitrogens with zero attached hydrogens (tertiary/aromatic N) is 2. The second-order valence-corrected chi connectivity index (χ2v) is 11.2. The quantitative estimate of drug-likeness (QED) is 0.641. The molecule has 1 amide bonds. The molecule has 0 aliphatic carbocycles. The van der Waals surface area contributed by atoms with Gasteiger partial charge >= 0.3 is 0 Å². The summed E-state index contributed by atoms with van der Waals surface area (Å²) in [6, 6.07) is 8.34. The average Bonchev–Trinajstić information content (AvgIpc) is 2.72. The first-order valence-electron chi connectivity index (χ1n) is 10.2. The van der Waals surface area contributed by atoms with E-state index in [0.717, 1.165) is 42.5 Å². The average molecular weight is 502 g/mol. The van der Waals surface area contributed by atoms with E-state index in [-0.39, 0.29) is 5.02 Å². The van der Waals surface area contributed by atoms with Crippen molar-refractivity contribution in [1.82, 2.24) is 9.62 Å². The van der Waals surface area contributed by atoms with Crippen molar-refractivity contribution in [2.45, 2.75) is 32.6 Å². The van der Waals surface area contributed by atoms with Gasteiger partial charge in [-0.3, -0.25) is 9.69 Å². The van der Waals surface area contributed by atoms with Gasteiger partial charge in [0, 0.05) is 48.5 Å². The lowest BCUT2D eigenvalue weighted by molar-refractivity contribution is 0.0977. The highest BCUT2D eigenvalue weighted by Crippen LogP contribution is 2.26. The topological polar surface area (TPSA) is 69.7 Å². The van der Waals surface area contributed by atoms with Crippen LogP contribution >= 0.6 is 23.2 Å². The van der Waals surface area contributed by atoms with Gasteiger partial charge in [-0.1, -0.05) is 23.2 Å². The highest BCUT2D eigenvalue weighted by Gasteiger charge is 2.24. The first-order valence-corrected chi connectivity index (χ1v) is 12.6. The van der Waals surface area contributed by atoms with Crippen LogP contribution in [0, 0.1) is 12.7 Å². The van der Waals surface area contributed by atoms with Gasteiger partial charge in [0.15, 0.2) is 0 Å². The Labute approximate surface area is 198 Å². The van der Waals surface area contributed by atoms with E-state index >= 15 is 0 Å². The van der Waals surface area contributed by atoms with Crippen molar-refractivity contribution < 1.29 is 17.6 Å². The van der Waals surface area contributed by atoms with Crippen LogP contribution < -0.4 is 9.62 Å². The van der Waals surface area contributed by atoms with E-state index in [1.807, 2.05) is 23.8 Å². The van der Waals surface area contributed by atoms with Crippen LogP contribution in [0.3, 0.4) is 0 Å². The molecule has 3 rings (SSSR count). The van der Waals surface area contributed by atoms with Gasteiger partial charge in [-0.15, -0.1) is 0 Å². The minimum Gasteiger partial charge on any atom is -0.369 e. The smallest absolute Gasteiger partial charge is 0.267 e. The minimum absolute atomic E-state index is 0.217. The fourth-order valence-electron chi connectivity index (χ4n) is 3.42. The fraction of sp³-hybridized carbons (Fsp3) is 0.409. The molecule has 32 heavy (non-hydrogen) atoms. The van der Waals surface area contributed by atoms with Crippen molar-refractivity contribution in [1.29, 1.82) is 0 Å². The normalized spacial score (nSPS) is 15.3. The van der Waals surface area contributed by atoms with Gasteiger partial charge in [-0.25, -0.2) is 17.5 Å². The van der Waals surface area contributed by atoms with Crippen molar-refractivity contribution in [3.8, 4) is 0 Å². The molecule has 0 spiro atoms. The molecule has 0 aromatic heterocycles. The summed E-state index contributed by atoms with van der Waals surface area (Å²) >= 11 is 12.4. The SMILES string of the molecule is Cc1cc(N2CCN(Cc3cc(F)c(C(=O)NS(=O)(=O)C(C)C)cc3Cl)CC2)ccc1Cl. The molecule has 2 aromatic carbocycles. The van der Waals surface area contributed by atoms with E-state index in [9.17, 15) is 17.6 Å². The third-order valence-electron chi connectivity index (χ3n) is 5.51. The molecule has 1 fully saturated rings. The number of benzene rings is 2. The predicted molar refractivity (Wildman–Crippen MR) is 127 cm³/mol. The molecule has 0 bridgehead atoms. The first-order chi connectivity index (χ1) is 15.0. The molecule has 1 saturated heterocycles. The second kappa shape index (κ2) is 9.95. The van der Waals surface area contributed by atoms with Crippen LogP contribution in [0.5, 0.6) is 0 Å². The molecule has 2 aromatic rings. The number of carbonyl (C=O) groups is 1. The largest absolute Gasteiger partial charge is 0.369 e. The third kappa shape index (κ3) is 5.73. The summed E-state index contributed by atoms with van der Waals surface area (Å²) in [4.78, 5) is 16.7. The number of nitrogens with one attached hydrogen (secondary N) is 1. The Kier molecular flexibility index (Phi) is 7.70. The molecule has 6 nitrogen and oxygen atoms in total. The fourth-order valence-corrected chi connectivity index (χ4v) is 4.36. The number of halogens is 3. The van der Waals surface area contributed by atoms with Gasteiger partial charge in [0.25, 0.3) is 5.91 Å². The lowest BCUT2D eigenvalue weighted by atomic mass is 10.1. The summed E-state index contributed by atoms with van der Waals surface area (Å²) in [6.07, 6.45) is 0. The van der Waals surface area contributed by atoms with Crippen molar-refractivity contribution in [2.75, 3.05) is 31.1 Å². The Morgan fingerprint density at radius 3 is 2.34 bits per heavy atom. The van der Waals surface area contributed by atoms with Crippen LogP contribution in [0.1, 0.15) is 35.3 Å². The van der Waals surface area contributed by atoms with E-state index in [1.54, 1.807) is 0 Å². The number of amides is 1. The number of rotatable bonds is 6. The van der Waals surface area contributed by atoms with Crippen LogP contribution in [0.25, 0.3) is 0 Å². The van der Waals surface area contributed by atoms with E-state index < -0.39 is 32.6 Å². The molecule has 1 aliphatic heterocycles. The lowest BCUT2D eigenvalue weighted by Crippen LogP contribution is -2.46. The Morgan fingerprint density at radius 2 is 1.75 bits per heavy atom. The number of aryl methyl sites for hydroxylation is 1. The summed E-state index contributed by atoms with van der Waals surface area (Å²) in [6.45, 7) is 8.37. The number of hydrogen-bond acceptors (Lipinski definition) is 5. The predicted octanol–water partition coefficient (Wildman–Crippen LogP) is 4.23. The van der Waals surface area contributed by atoms with Crippen LogP contribution in [-0.2, 0) is 16.6 Å². The zero-order valence-electron chi connectivity index (χ0n) is 18.2. The van der Waals surface area contributed by atoms with Gasteiger partial charge < -0.3 is 4.90 Å². The Balaban J connectivity index is 1.65. The number of carbonyl (C=O) groups excluding carboxylic acids is 1. The molecule has 10 heteroatoms. The van der Waals surface area contributed by atoms with Gasteiger partial charge in [0.1, 0.15) is 5.82 Å². The molecule has 0 radical (unpaired) electrons. The van der Waals surface area contributed by atoms with Crippen molar-refractivity contribution in [2.24, 2.45) is 0 Å². The maximum absolute atomic E-state index is 14.6. The number of sulfonamides is 1. The van der Waals surface area contributed by atoms with E-state index in [1.165, 1.54) is 26.0 Å². The number of piperazine rings is 1.